The molecule has 0 bridgehead atoms. The van der Waals surface area contributed by atoms with E-state index in [0.29, 0.717) is 4.75 Å². The first-order chi connectivity index (χ1) is 6.76. The summed E-state index contributed by atoms with van der Waals surface area (Å²) in [6, 6.07) is 0. The van der Waals surface area contributed by atoms with Gasteiger partial charge >= 0.3 is 0 Å². The summed E-state index contributed by atoms with van der Waals surface area (Å²) in [6.07, 6.45) is 6.84. The average molecular weight is 211 g/mol. The van der Waals surface area contributed by atoms with Gasteiger partial charge in [0.1, 0.15) is 0 Å². The topological polar surface area (TPSA) is 40.7 Å². The van der Waals surface area contributed by atoms with Crippen molar-refractivity contribution in [1.29, 1.82) is 0 Å². The fourth-order valence-corrected chi connectivity index (χ4v) is 2.33. The summed E-state index contributed by atoms with van der Waals surface area (Å²) in [7, 11) is 0. The Morgan fingerprint density at radius 2 is 2.43 bits per heavy atom. The minimum absolute atomic E-state index is 0.553. The van der Waals surface area contributed by atoms with Crippen molar-refractivity contribution in [3.05, 3.63) is 17.5 Å². The fourth-order valence-electron chi connectivity index (χ4n) is 1.57. The number of rotatable bonds is 5. The molecule has 78 valence electrons. The summed E-state index contributed by atoms with van der Waals surface area (Å²) in [5.74, 6) is 0. The van der Waals surface area contributed by atoms with Crippen LogP contribution in [0.4, 0.5) is 0 Å². The molecule has 1 aliphatic carbocycles. The van der Waals surface area contributed by atoms with Gasteiger partial charge in [0.25, 0.3) is 0 Å². The van der Waals surface area contributed by atoms with Crippen LogP contribution in [0.5, 0.6) is 0 Å². The normalized spacial score (nSPS) is 18.4. The largest absolute Gasteiger partial charge is 0.311 e. The van der Waals surface area contributed by atoms with E-state index in [1.54, 1.807) is 0 Å². The van der Waals surface area contributed by atoms with Crippen molar-refractivity contribution in [2.75, 3.05) is 12.8 Å². The molecule has 0 saturated heterocycles. The average Bonchev–Trinajstić information content (AvgIpc) is 2.86. The predicted molar refractivity (Wildman–Crippen MR) is 60.5 cm³/mol. The van der Waals surface area contributed by atoms with Crippen LogP contribution in [0, 0.1) is 6.92 Å². The van der Waals surface area contributed by atoms with E-state index in [2.05, 4.69) is 28.7 Å². The van der Waals surface area contributed by atoms with Gasteiger partial charge in [-0.1, -0.05) is 0 Å². The van der Waals surface area contributed by atoms with Crippen molar-refractivity contribution >= 4 is 11.8 Å². The maximum atomic E-state index is 4.00. The molecule has 0 spiro atoms. The second kappa shape index (κ2) is 3.95. The van der Waals surface area contributed by atoms with Crippen LogP contribution in [-0.4, -0.2) is 27.7 Å². The fraction of sp³-hybridized carbons (Fsp3) is 0.700. The van der Waals surface area contributed by atoms with E-state index in [1.807, 2.05) is 18.0 Å². The van der Waals surface area contributed by atoms with Crippen LogP contribution < -0.4 is 5.32 Å². The van der Waals surface area contributed by atoms with E-state index in [0.717, 1.165) is 13.1 Å². The summed E-state index contributed by atoms with van der Waals surface area (Å²) in [4.78, 5) is 0. The Morgan fingerprint density at radius 3 is 2.93 bits per heavy atom. The lowest BCUT2D eigenvalue weighted by molar-refractivity contribution is 0.661. The number of nitrogens with zero attached hydrogens (tertiary/aromatic N) is 1. The zero-order chi connectivity index (χ0) is 10.0. The van der Waals surface area contributed by atoms with Crippen molar-refractivity contribution < 1.29 is 0 Å². The van der Waals surface area contributed by atoms with Gasteiger partial charge in [-0.05, 0) is 26.0 Å². The molecule has 0 aliphatic heterocycles. The summed E-state index contributed by atoms with van der Waals surface area (Å²) in [6.45, 7) is 4.12. The molecule has 1 aliphatic rings. The quantitative estimate of drug-likeness (QED) is 0.779. The molecule has 4 heteroatoms. The summed E-state index contributed by atoms with van der Waals surface area (Å²) < 4.78 is 0.553. The minimum Gasteiger partial charge on any atom is -0.311 e. The Bertz CT molecular complexity index is 304. The third-order valence-electron chi connectivity index (χ3n) is 2.94. The molecule has 0 radical (unpaired) electrons. The highest BCUT2D eigenvalue weighted by molar-refractivity contribution is 8.00. The van der Waals surface area contributed by atoms with E-state index in [4.69, 9.17) is 0 Å². The van der Waals surface area contributed by atoms with E-state index in [-0.39, 0.29) is 0 Å². The van der Waals surface area contributed by atoms with Crippen LogP contribution in [-0.2, 0) is 6.54 Å². The molecule has 1 aromatic rings. The summed E-state index contributed by atoms with van der Waals surface area (Å²) in [5, 5.41) is 10.5. The number of nitrogens with one attached hydrogen (secondary N) is 2. The van der Waals surface area contributed by atoms with E-state index >= 15 is 0 Å². The smallest absolute Gasteiger partial charge is 0.0535 e. The van der Waals surface area contributed by atoms with Crippen LogP contribution in [0.1, 0.15) is 24.1 Å². The van der Waals surface area contributed by atoms with Gasteiger partial charge in [0.2, 0.25) is 0 Å². The summed E-state index contributed by atoms with van der Waals surface area (Å²) in [5.41, 5.74) is 2.45. The monoisotopic (exact) mass is 211 g/mol. The second-order valence-corrected chi connectivity index (χ2v) is 5.29. The van der Waals surface area contributed by atoms with Gasteiger partial charge in [0.05, 0.1) is 6.20 Å². The van der Waals surface area contributed by atoms with E-state index < -0.39 is 0 Å². The van der Waals surface area contributed by atoms with Crippen molar-refractivity contribution in [1.82, 2.24) is 15.5 Å². The number of aromatic amines is 1. The zero-order valence-electron chi connectivity index (χ0n) is 8.76. The molecule has 0 unspecified atom stereocenters. The van der Waals surface area contributed by atoms with Crippen LogP contribution >= 0.6 is 11.8 Å². The minimum atomic E-state index is 0.553. The highest BCUT2D eigenvalue weighted by atomic mass is 32.2. The number of H-pyrrole nitrogens is 1. The maximum Gasteiger partial charge on any atom is 0.0535 e. The molecule has 2 rings (SSSR count). The van der Waals surface area contributed by atoms with Gasteiger partial charge < -0.3 is 5.32 Å². The molecular formula is C10H17N3S. The number of aryl methyl sites for hydroxylation is 1. The molecule has 0 atom stereocenters. The highest BCUT2D eigenvalue weighted by Crippen LogP contribution is 2.46. The molecule has 1 heterocycles. The Hall–Kier alpha value is -0.480. The van der Waals surface area contributed by atoms with Crippen LogP contribution in [0.3, 0.4) is 0 Å². The number of thioether (sulfide) groups is 1. The maximum absolute atomic E-state index is 4.00. The molecule has 0 amide bonds. The third kappa shape index (κ3) is 2.12. The van der Waals surface area contributed by atoms with Crippen molar-refractivity contribution in [3.8, 4) is 0 Å². The highest BCUT2D eigenvalue weighted by Gasteiger charge is 2.41. The van der Waals surface area contributed by atoms with Gasteiger partial charge in [-0.2, -0.15) is 16.9 Å². The first-order valence-electron chi connectivity index (χ1n) is 5.00. The van der Waals surface area contributed by atoms with Crippen molar-refractivity contribution in [3.63, 3.8) is 0 Å². The Kier molecular flexibility index (Phi) is 2.83. The van der Waals surface area contributed by atoms with Gasteiger partial charge in [-0.15, -0.1) is 0 Å². The van der Waals surface area contributed by atoms with Gasteiger partial charge in [-0.3, -0.25) is 5.10 Å². The molecule has 0 aromatic carbocycles. The Morgan fingerprint density at radius 1 is 1.64 bits per heavy atom. The second-order valence-electron chi connectivity index (χ2n) is 4.01. The predicted octanol–water partition coefficient (Wildman–Crippen LogP) is 1.70. The Labute approximate surface area is 89.1 Å². The Balaban J connectivity index is 1.76. The van der Waals surface area contributed by atoms with Gasteiger partial charge in [-0.25, -0.2) is 0 Å². The molecule has 14 heavy (non-hydrogen) atoms. The van der Waals surface area contributed by atoms with Crippen LogP contribution in [0.25, 0.3) is 0 Å². The standard InChI is InChI=1S/C10H17N3S/c1-8-9(6-12-13-8)5-11-7-10(14-2)3-4-10/h6,11H,3-5,7H2,1-2H3,(H,12,13). The number of hydrogen-bond donors (Lipinski definition) is 2. The van der Waals surface area contributed by atoms with E-state index in [9.17, 15) is 0 Å². The number of aromatic nitrogens is 2. The lowest BCUT2D eigenvalue weighted by Gasteiger charge is -2.12. The third-order valence-corrected chi connectivity index (χ3v) is 4.36. The summed E-state index contributed by atoms with van der Waals surface area (Å²) >= 11 is 1.99. The molecular weight excluding hydrogens is 194 g/mol. The lowest BCUT2D eigenvalue weighted by Crippen LogP contribution is -2.25. The van der Waals surface area contributed by atoms with Crippen molar-refractivity contribution in [2.24, 2.45) is 0 Å². The lowest BCUT2D eigenvalue weighted by atomic mass is 10.2. The van der Waals surface area contributed by atoms with Crippen LogP contribution in [0.2, 0.25) is 0 Å². The zero-order valence-corrected chi connectivity index (χ0v) is 9.58. The molecule has 2 N–H and O–H groups in total. The molecule has 1 saturated carbocycles. The van der Waals surface area contributed by atoms with Crippen LogP contribution in [0.15, 0.2) is 6.20 Å². The molecule has 3 nitrogen and oxygen atoms in total. The van der Waals surface area contributed by atoms with Crippen molar-refractivity contribution in [2.45, 2.75) is 31.1 Å². The van der Waals surface area contributed by atoms with E-state index in [1.165, 1.54) is 24.1 Å². The SMILES string of the molecule is CSC1(CNCc2cn[nH]c2C)CC1. The van der Waals surface area contributed by atoms with Gasteiger partial charge in [0, 0.05) is 29.1 Å². The molecule has 1 fully saturated rings. The number of hydrogen-bond acceptors (Lipinski definition) is 3. The first kappa shape index (κ1) is 10.1. The van der Waals surface area contributed by atoms with Gasteiger partial charge in [0.15, 0.2) is 0 Å². The molecule has 1 aromatic heterocycles. The first-order valence-corrected chi connectivity index (χ1v) is 6.23.